The highest BCUT2D eigenvalue weighted by molar-refractivity contribution is 6.32. The van der Waals surface area contributed by atoms with Gasteiger partial charge in [0.25, 0.3) is 5.56 Å². The summed E-state index contributed by atoms with van der Waals surface area (Å²) in [5.74, 6) is 0.643. The number of aromatic nitrogens is 4. The Labute approximate surface area is 168 Å². The lowest BCUT2D eigenvalue weighted by molar-refractivity contribution is -0.138. The van der Waals surface area contributed by atoms with Crippen molar-refractivity contribution in [2.24, 2.45) is 0 Å². The molecule has 29 heavy (non-hydrogen) atoms. The Hall–Kier alpha value is -2.81. The molecule has 0 bridgehead atoms. The summed E-state index contributed by atoms with van der Waals surface area (Å²) in [6.45, 7) is 2.82. The number of benzene rings is 1. The number of nitrogens with one attached hydrogen (secondary N) is 1. The average Bonchev–Trinajstić information content (AvgIpc) is 2.98. The van der Waals surface area contributed by atoms with Crippen molar-refractivity contribution in [2.45, 2.75) is 32.6 Å². The predicted molar refractivity (Wildman–Crippen MR) is 102 cm³/mol. The van der Waals surface area contributed by atoms with E-state index in [1.165, 1.54) is 18.3 Å². The summed E-state index contributed by atoms with van der Waals surface area (Å²) >= 11 is 6.10. The first-order valence-electron chi connectivity index (χ1n) is 8.94. The number of aromatic amines is 1. The van der Waals surface area contributed by atoms with Gasteiger partial charge in [-0.2, -0.15) is 18.3 Å². The topological polar surface area (TPSA) is 66.8 Å². The summed E-state index contributed by atoms with van der Waals surface area (Å²) in [6.07, 6.45) is -2.36. The van der Waals surface area contributed by atoms with Gasteiger partial charge in [-0.3, -0.25) is 4.79 Å². The highest BCUT2D eigenvalue weighted by Crippen LogP contribution is 2.33. The molecule has 2 aromatic heterocycles. The van der Waals surface area contributed by atoms with E-state index in [1.54, 1.807) is 13.0 Å². The predicted octanol–water partition coefficient (Wildman–Crippen LogP) is 3.56. The molecule has 3 aromatic rings. The third-order valence-electron chi connectivity index (χ3n) is 5.07. The van der Waals surface area contributed by atoms with E-state index in [1.807, 2.05) is 9.47 Å². The van der Waals surface area contributed by atoms with Crippen LogP contribution in [0.15, 0.2) is 35.3 Å². The molecule has 152 valence electrons. The third-order valence-corrected chi connectivity index (χ3v) is 5.44. The number of nitrogens with zero attached hydrogens (tertiary/aromatic N) is 4. The normalized spacial score (nSPS) is 14.2. The fourth-order valence-electron chi connectivity index (χ4n) is 3.69. The minimum absolute atomic E-state index is 0.0544. The third kappa shape index (κ3) is 3.62. The first kappa shape index (κ1) is 19.5. The number of halogens is 4. The van der Waals surface area contributed by atoms with Crippen molar-refractivity contribution in [3.8, 4) is 0 Å². The van der Waals surface area contributed by atoms with Crippen LogP contribution in [0, 0.1) is 6.92 Å². The molecule has 0 amide bonds. The summed E-state index contributed by atoms with van der Waals surface area (Å²) < 4.78 is 41.9. The number of hydrogen-bond acceptors (Lipinski definition) is 4. The summed E-state index contributed by atoms with van der Waals surface area (Å²) in [4.78, 5) is 18.2. The van der Waals surface area contributed by atoms with Crippen LogP contribution in [-0.2, 0) is 25.7 Å². The highest BCUT2D eigenvalue weighted by Gasteiger charge is 2.33. The van der Waals surface area contributed by atoms with Crippen molar-refractivity contribution in [3.05, 3.63) is 74.2 Å². The van der Waals surface area contributed by atoms with Crippen LogP contribution in [0.5, 0.6) is 0 Å². The molecular formula is C19H17ClF3N5O. The standard InChI is InChI=1S/C19H17ClF3N5O/c1-11-25-14-10-27(16-8-24-26-18(29)17(16)20)7-6-15(14)28(11)9-12-4-2-3-5-13(12)19(21,22)23/h2-5,8H,6-7,9-10H2,1H3,(H,26,29). The molecule has 0 saturated heterocycles. The van der Waals surface area contributed by atoms with Crippen LogP contribution in [0.3, 0.4) is 0 Å². The second-order valence-corrected chi connectivity index (χ2v) is 7.24. The Morgan fingerprint density at radius 2 is 2.03 bits per heavy atom. The van der Waals surface area contributed by atoms with Gasteiger partial charge in [0.05, 0.1) is 29.7 Å². The largest absolute Gasteiger partial charge is 0.416 e. The van der Waals surface area contributed by atoms with Gasteiger partial charge >= 0.3 is 6.18 Å². The molecule has 1 aliphatic rings. The van der Waals surface area contributed by atoms with Crippen molar-refractivity contribution >= 4 is 17.3 Å². The van der Waals surface area contributed by atoms with Crippen LogP contribution < -0.4 is 10.5 Å². The maximum absolute atomic E-state index is 13.3. The molecule has 0 aliphatic carbocycles. The molecule has 0 saturated carbocycles. The van der Waals surface area contributed by atoms with Gasteiger partial charge in [-0.1, -0.05) is 29.8 Å². The minimum atomic E-state index is -4.41. The van der Waals surface area contributed by atoms with Crippen molar-refractivity contribution in [1.82, 2.24) is 19.7 Å². The molecule has 1 aliphatic heterocycles. The van der Waals surface area contributed by atoms with Crippen molar-refractivity contribution < 1.29 is 13.2 Å². The van der Waals surface area contributed by atoms with Crippen LogP contribution in [0.1, 0.15) is 28.3 Å². The summed E-state index contributed by atoms with van der Waals surface area (Å²) in [7, 11) is 0. The van der Waals surface area contributed by atoms with Gasteiger partial charge in [0.2, 0.25) is 0 Å². The number of anilines is 1. The van der Waals surface area contributed by atoms with Crippen LogP contribution in [0.2, 0.25) is 5.02 Å². The minimum Gasteiger partial charge on any atom is -0.362 e. The van der Waals surface area contributed by atoms with Gasteiger partial charge < -0.3 is 9.47 Å². The van der Waals surface area contributed by atoms with Gasteiger partial charge in [-0.25, -0.2) is 10.1 Å². The number of rotatable bonds is 3. The SMILES string of the molecule is Cc1nc2c(n1Cc1ccccc1C(F)(F)F)CCN(c1cn[nH]c(=O)c1Cl)C2. The van der Waals surface area contributed by atoms with E-state index >= 15 is 0 Å². The van der Waals surface area contributed by atoms with Gasteiger partial charge in [-0.05, 0) is 18.6 Å². The van der Waals surface area contributed by atoms with Crippen LogP contribution in [-0.4, -0.2) is 26.3 Å². The number of fused-ring (bicyclic) bond motifs is 1. The van der Waals surface area contributed by atoms with Gasteiger partial charge in [0, 0.05) is 25.2 Å². The molecule has 3 heterocycles. The van der Waals surface area contributed by atoms with Crippen molar-refractivity contribution in [1.29, 1.82) is 0 Å². The van der Waals surface area contributed by atoms with Crippen LogP contribution in [0.4, 0.5) is 18.9 Å². The van der Waals surface area contributed by atoms with Gasteiger partial charge in [-0.15, -0.1) is 0 Å². The molecule has 0 spiro atoms. The Morgan fingerprint density at radius 3 is 2.79 bits per heavy atom. The van der Waals surface area contributed by atoms with Crippen molar-refractivity contribution in [3.63, 3.8) is 0 Å². The lowest BCUT2D eigenvalue weighted by Crippen LogP contribution is -2.32. The van der Waals surface area contributed by atoms with Crippen molar-refractivity contribution in [2.75, 3.05) is 11.4 Å². The smallest absolute Gasteiger partial charge is 0.362 e. The van der Waals surface area contributed by atoms with E-state index in [9.17, 15) is 18.0 Å². The first-order chi connectivity index (χ1) is 13.8. The summed E-state index contributed by atoms with van der Waals surface area (Å²) in [5.41, 5.74) is 1.25. The zero-order valence-corrected chi connectivity index (χ0v) is 16.2. The fourth-order valence-corrected chi connectivity index (χ4v) is 3.90. The van der Waals surface area contributed by atoms with Gasteiger partial charge in [0.1, 0.15) is 10.8 Å². The molecule has 0 unspecified atom stereocenters. The summed E-state index contributed by atoms with van der Waals surface area (Å²) in [6, 6.07) is 5.58. The quantitative estimate of drug-likeness (QED) is 0.699. The second-order valence-electron chi connectivity index (χ2n) is 6.86. The number of alkyl halides is 3. The zero-order valence-electron chi connectivity index (χ0n) is 15.4. The van der Waals surface area contributed by atoms with Crippen LogP contribution in [0.25, 0.3) is 0 Å². The van der Waals surface area contributed by atoms with Gasteiger partial charge in [0.15, 0.2) is 0 Å². The van der Waals surface area contributed by atoms with E-state index in [4.69, 9.17) is 11.6 Å². The van der Waals surface area contributed by atoms with E-state index in [2.05, 4.69) is 15.2 Å². The number of H-pyrrole nitrogens is 1. The lowest BCUT2D eigenvalue weighted by atomic mass is 10.1. The molecule has 0 radical (unpaired) electrons. The average molecular weight is 424 g/mol. The van der Waals surface area contributed by atoms with Crippen LogP contribution >= 0.6 is 11.6 Å². The monoisotopic (exact) mass is 423 g/mol. The Balaban J connectivity index is 1.66. The van der Waals surface area contributed by atoms with E-state index in [-0.39, 0.29) is 17.1 Å². The number of aryl methyl sites for hydroxylation is 1. The molecule has 6 nitrogen and oxygen atoms in total. The molecule has 1 N–H and O–H groups in total. The fraction of sp³-hybridized carbons (Fsp3) is 0.316. The Morgan fingerprint density at radius 1 is 1.28 bits per heavy atom. The van der Waals surface area contributed by atoms with E-state index in [0.29, 0.717) is 31.0 Å². The molecule has 10 heteroatoms. The van der Waals surface area contributed by atoms with E-state index < -0.39 is 17.3 Å². The summed E-state index contributed by atoms with van der Waals surface area (Å²) in [5, 5.41) is 6.13. The molecular weight excluding hydrogens is 407 g/mol. The maximum Gasteiger partial charge on any atom is 0.416 e. The second kappa shape index (κ2) is 7.22. The molecule has 1 aromatic carbocycles. The zero-order chi connectivity index (χ0) is 20.8. The lowest BCUT2D eigenvalue weighted by Gasteiger charge is -2.29. The Bertz CT molecular complexity index is 1120. The number of hydrogen-bond donors (Lipinski definition) is 1. The highest BCUT2D eigenvalue weighted by atomic mass is 35.5. The first-order valence-corrected chi connectivity index (χ1v) is 9.31. The molecule has 0 fully saturated rings. The maximum atomic E-state index is 13.3. The van der Waals surface area contributed by atoms with E-state index in [0.717, 1.165) is 17.5 Å². The molecule has 4 rings (SSSR count). The Kier molecular flexibility index (Phi) is 4.85. The number of imidazole rings is 1. The molecule has 0 atom stereocenters.